The first kappa shape index (κ1) is 23.5. The van der Waals surface area contributed by atoms with Gasteiger partial charge in [0, 0.05) is 19.2 Å². The Morgan fingerprint density at radius 1 is 1.12 bits per heavy atom. The van der Waals surface area contributed by atoms with Gasteiger partial charge < -0.3 is 19.5 Å². The molecule has 1 aliphatic heterocycles. The highest BCUT2D eigenvalue weighted by atomic mass is 16.5. The molecule has 0 saturated carbocycles. The van der Waals surface area contributed by atoms with E-state index in [2.05, 4.69) is 13.8 Å². The summed E-state index contributed by atoms with van der Waals surface area (Å²) in [5.41, 5.74) is 3.11. The number of carbonyl (C=O) groups is 2. The summed E-state index contributed by atoms with van der Waals surface area (Å²) in [6.07, 6.45) is 0. The molecule has 1 fully saturated rings. The van der Waals surface area contributed by atoms with E-state index in [0.717, 1.165) is 11.1 Å². The monoisotopic (exact) mass is 437 g/mol. The van der Waals surface area contributed by atoms with Gasteiger partial charge in [-0.15, -0.1) is 0 Å². The van der Waals surface area contributed by atoms with Gasteiger partial charge in [0.2, 0.25) is 0 Å². The Bertz CT molecular complexity index is 1040. The second kappa shape index (κ2) is 10.0. The normalized spacial score (nSPS) is 17.9. The van der Waals surface area contributed by atoms with Crippen molar-refractivity contribution in [1.29, 1.82) is 0 Å². The van der Waals surface area contributed by atoms with E-state index in [1.165, 1.54) is 4.90 Å². The Labute approximate surface area is 189 Å². The number of aryl methyl sites for hydroxylation is 2. The Hall–Kier alpha value is -3.12. The van der Waals surface area contributed by atoms with Gasteiger partial charge in [-0.3, -0.25) is 9.59 Å². The van der Waals surface area contributed by atoms with E-state index in [-0.39, 0.29) is 24.5 Å². The van der Waals surface area contributed by atoms with E-state index in [4.69, 9.17) is 9.47 Å². The number of benzene rings is 2. The first-order valence-electron chi connectivity index (χ1n) is 10.8. The SMILES string of the molecule is COCCN1C(=O)C(=O)/C(=C(/O)c2cc(C)ccc2C)C1c1cccc(OCC(C)C)c1. The van der Waals surface area contributed by atoms with E-state index in [1.54, 1.807) is 7.11 Å². The topological polar surface area (TPSA) is 76.1 Å². The molecular formula is C26H31NO5. The van der Waals surface area contributed by atoms with E-state index in [9.17, 15) is 14.7 Å². The maximum atomic E-state index is 13.1. The van der Waals surface area contributed by atoms with E-state index in [1.807, 2.05) is 56.3 Å². The Balaban J connectivity index is 2.15. The lowest BCUT2D eigenvalue weighted by Crippen LogP contribution is -2.32. The molecule has 2 aromatic rings. The zero-order chi connectivity index (χ0) is 23.4. The number of ether oxygens (including phenoxy) is 2. The summed E-state index contributed by atoms with van der Waals surface area (Å²) < 4.78 is 11.0. The van der Waals surface area contributed by atoms with Crippen molar-refractivity contribution < 1.29 is 24.2 Å². The van der Waals surface area contributed by atoms with Gasteiger partial charge >= 0.3 is 0 Å². The van der Waals surface area contributed by atoms with Crippen LogP contribution in [0.4, 0.5) is 0 Å². The summed E-state index contributed by atoms with van der Waals surface area (Å²) in [4.78, 5) is 27.5. The number of methoxy groups -OCH3 is 1. The summed E-state index contributed by atoms with van der Waals surface area (Å²) in [5, 5.41) is 11.3. The third-order valence-corrected chi connectivity index (χ3v) is 5.48. The number of carbonyl (C=O) groups excluding carboxylic acids is 2. The molecule has 3 rings (SSSR count). The molecule has 1 unspecified atom stereocenters. The fraction of sp³-hybridized carbons (Fsp3) is 0.385. The van der Waals surface area contributed by atoms with Gasteiger partial charge in [0.1, 0.15) is 11.5 Å². The minimum absolute atomic E-state index is 0.0841. The Morgan fingerprint density at radius 2 is 1.88 bits per heavy atom. The number of rotatable bonds is 8. The van der Waals surface area contributed by atoms with Crippen LogP contribution < -0.4 is 4.74 Å². The highest BCUT2D eigenvalue weighted by Crippen LogP contribution is 2.40. The summed E-state index contributed by atoms with van der Waals surface area (Å²) in [6.45, 7) is 8.96. The first-order chi connectivity index (χ1) is 15.2. The second-order valence-corrected chi connectivity index (χ2v) is 8.58. The fourth-order valence-electron chi connectivity index (χ4n) is 3.82. The van der Waals surface area contributed by atoms with Crippen LogP contribution in [0.25, 0.3) is 5.76 Å². The number of aliphatic hydroxyl groups excluding tert-OH is 1. The molecular weight excluding hydrogens is 406 g/mol. The summed E-state index contributed by atoms with van der Waals surface area (Å²) in [6, 6.07) is 12.3. The van der Waals surface area contributed by atoms with Crippen LogP contribution in [0, 0.1) is 19.8 Å². The van der Waals surface area contributed by atoms with Crippen molar-refractivity contribution in [3.63, 3.8) is 0 Å². The number of hydrogen-bond donors (Lipinski definition) is 1. The average Bonchev–Trinajstić information content (AvgIpc) is 3.02. The maximum absolute atomic E-state index is 13.1. The van der Waals surface area contributed by atoms with Gasteiger partial charge in [0.25, 0.3) is 11.7 Å². The molecule has 170 valence electrons. The highest BCUT2D eigenvalue weighted by molar-refractivity contribution is 6.46. The number of aliphatic hydroxyl groups is 1. The molecule has 0 spiro atoms. The number of nitrogens with zero attached hydrogens (tertiary/aromatic N) is 1. The van der Waals surface area contributed by atoms with Crippen LogP contribution in [0.5, 0.6) is 5.75 Å². The molecule has 0 radical (unpaired) electrons. The van der Waals surface area contributed by atoms with Crippen LogP contribution in [0.15, 0.2) is 48.0 Å². The molecule has 1 atom stereocenters. The lowest BCUT2D eigenvalue weighted by Gasteiger charge is -2.25. The van der Waals surface area contributed by atoms with Crippen molar-refractivity contribution in [2.24, 2.45) is 5.92 Å². The summed E-state index contributed by atoms with van der Waals surface area (Å²) in [7, 11) is 1.54. The molecule has 1 aliphatic rings. The molecule has 2 aromatic carbocycles. The summed E-state index contributed by atoms with van der Waals surface area (Å²) in [5.74, 6) is -0.496. The van der Waals surface area contributed by atoms with Crippen molar-refractivity contribution in [2.75, 3.05) is 26.9 Å². The van der Waals surface area contributed by atoms with Gasteiger partial charge in [0.05, 0.1) is 24.8 Å². The van der Waals surface area contributed by atoms with Crippen molar-refractivity contribution in [3.05, 3.63) is 70.3 Å². The average molecular weight is 438 g/mol. The van der Waals surface area contributed by atoms with Gasteiger partial charge in [-0.1, -0.05) is 43.7 Å². The van der Waals surface area contributed by atoms with Gasteiger partial charge in [-0.2, -0.15) is 0 Å². The zero-order valence-corrected chi connectivity index (χ0v) is 19.3. The molecule has 0 bridgehead atoms. The fourth-order valence-corrected chi connectivity index (χ4v) is 3.82. The molecule has 1 N–H and O–H groups in total. The van der Waals surface area contributed by atoms with Crippen molar-refractivity contribution in [2.45, 2.75) is 33.7 Å². The molecule has 6 heteroatoms. The maximum Gasteiger partial charge on any atom is 0.295 e. The molecule has 0 aliphatic carbocycles. The van der Waals surface area contributed by atoms with Crippen LogP contribution >= 0.6 is 0 Å². The lowest BCUT2D eigenvalue weighted by atomic mass is 9.93. The zero-order valence-electron chi connectivity index (χ0n) is 19.3. The number of amides is 1. The quantitative estimate of drug-likeness (QED) is 0.376. The van der Waals surface area contributed by atoms with Crippen molar-refractivity contribution in [3.8, 4) is 5.75 Å². The molecule has 6 nitrogen and oxygen atoms in total. The number of Topliss-reactive ketones (excluding diaryl/α,β-unsaturated/α-hetero) is 1. The molecule has 1 saturated heterocycles. The molecule has 1 heterocycles. The molecule has 1 amide bonds. The molecule has 32 heavy (non-hydrogen) atoms. The number of ketones is 1. The lowest BCUT2D eigenvalue weighted by molar-refractivity contribution is -0.140. The smallest absolute Gasteiger partial charge is 0.295 e. The number of likely N-dealkylation sites (tertiary alicyclic amines) is 1. The van der Waals surface area contributed by atoms with E-state index < -0.39 is 17.7 Å². The van der Waals surface area contributed by atoms with Crippen LogP contribution in [0.1, 0.15) is 42.1 Å². The van der Waals surface area contributed by atoms with Gasteiger partial charge in [0.15, 0.2) is 0 Å². The second-order valence-electron chi connectivity index (χ2n) is 8.58. The van der Waals surface area contributed by atoms with Crippen molar-refractivity contribution >= 4 is 17.4 Å². The van der Waals surface area contributed by atoms with E-state index >= 15 is 0 Å². The van der Waals surface area contributed by atoms with E-state index in [0.29, 0.717) is 29.4 Å². The van der Waals surface area contributed by atoms with Crippen LogP contribution in [-0.4, -0.2) is 48.6 Å². The third-order valence-electron chi connectivity index (χ3n) is 5.48. The standard InChI is InChI=1S/C26H31NO5/c1-16(2)15-32-20-8-6-7-19(14-20)23-22(25(29)26(30)27(23)11-12-31-5)24(28)21-13-17(3)9-10-18(21)4/h6-10,13-14,16,23,28H,11-12,15H2,1-5H3/b24-22+. The predicted octanol–water partition coefficient (Wildman–Crippen LogP) is 4.41. The minimum Gasteiger partial charge on any atom is -0.507 e. The Kier molecular flexibility index (Phi) is 7.36. The van der Waals surface area contributed by atoms with Gasteiger partial charge in [-0.25, -0.2) is 0 Å². The van der Waals surface area contributed by atoms with Crippen molar-refractivity contribution in [1.82, 2.24) is 4.90 Å². The minimum atomic E-state index is -0.729. The van der Waals surface area contributed by atoms with Crippen LogP contribution in [-0.2, 0) is 14.3 Å². The first-order valence-corrected chi connectivity index (χ1v) is 10.8. The number of hydrogen-bond acceptors (Lipinski definition) is 5. The Morgan fingerprint density at radius 3 is 2.56 bits per heavy atom. The van der Waals surface area contributed by atoms with Crippen LogP contribution in [0.3, 0.4) is 0 Å². The van der Waals surface area contributed by atoms with Gasteiger partial charge in [-0.05, 0) is 49.1 Å². The highest BCUT2D eigenvalue weighted by Gasteiger charge is 2.46. The summed E-state index contributed by atoms with van der Waals surface area (Å²) >= 11 is 0. The third kappa shape index (κ3) is 4.86. The molecule has 0 aromatic heterocycles. The predicted molar refractivity (Wildman–Crippen MR) is 124 cm³/mol. The van der Waals surface area contributed by atoms with Crippen LogP contribution in [0.2, 0.25) is 0 Å². The largest absolute Gasteiger partial charge is 0.507 e.